The molecule has 0 radical (unpaired) electrons. The molecule has 1 heterocycles. The van der Waals surface area contributed by atoms with Crippen molar-refractivity contribution in [1.29, 1.82) is 0 Å². The highest BCUT2D eigenvalue weighted by Crippen LogP contribution is 2.26. The van der Waals surface area contributed by atoms with Crippen LogP contribution in [0.2, 0.25) is 0 Å². The van der Waals surface area contributed by atoms with Crippen LogP contribution >= 0.6 is 0 Å². The molecule has 0 saturated carbocycles. The lowest BCUT2D eigenvalue weighted by Crippen LogP contribution is -1.97. The van der Waals surface area contributed by atoms with E-state index in [1.165, 1.54) is 11.1 Å². The Balaban J connectivity index is 2.49. The van der Waals surface area contributed by atoms with Crippen LogP contribution in [0.5, 0.6) is 0 Å². The predicted molar refractivity (Wildman–Crippen MR) is 71.1 cm³/mol. The second kappa shape index (κ2) is 5.31. The summed E-state index contributed by atoms with van der Waals surface area (Å²) in [6, 6.07) is 6.45. The first-order valence-corrected chi connectivity index (χ1v) is 6.31. The molecule has 4 heteroatoms. The largest absolute Gasteiger partial charge is 0.338 e. The molecule has 96 valence electrons. The number of hydrogen-bond donors (Lipinski definition) is 1. The molecule has 4 nitrogen and oxygen atoms in total. The average Bonchev–Trinajstić information content (AvgIpc) is 2.86. The fourth-order valence-electron chi connectivity index (χ4n) is 1.92. The third-order valence-electron chi connectivity index (χ3n) is 3.07. The van der Waals surface area contributed by atoms with E-state index >= 15 is 0 Å². The number of aryl methyl sites for hydroxylation is 1. The van der Waals surface area contributed by atoms with Crippen LogP contribution in [0.4, 0.5) is 0 Å². The molecule has 2 rings (SSSR count). The van der Waals surface area contributed by atoms with Gasteiger partial charge >= 0.3 is 0 Å². The highest BCUT2D eigenvalue weighted by atomic mass is 16.5. The Morgan fingerprint density at radius 2 is 2.11 bits per heavy atom. The molecule has 1 aromatic heterocycles. The zero-order chi connectivity index (χ0) is 13.1. The topological polar surface area (TPSA) is 64.9 Å². The lowest BCUT2D eigenvalue weighted by Gasteiger charge is -2.10. The minimum atomic E-state index is 0.276. The number of hydrogen-bond acceptors (Lipinski definition) is 4. The lowest BCUT2D eigenvalue weighted by atomic mass is 9.96. The molecular formula is C14H19N3O. The van der Waals surface area contributed by atoms with E-state index < -0.39 is 0 Å². The van der Waals surface area contributed by atoms with Crippen LogP contribution in [0.3, 0.4) is 0 Å². The summed E-state index contributed by atoms with van der Waals surface area (Å²) in [5, 5.41) is 4.00. The minimum Gasteiger partial charge on any atom is -0.338 e. The lowest BCUT2D eigenvalue weighted by molar-refractivity contribution is 0.380. The summed E-state index contributed by atoms with van der Waals surface area (Å²) in [4.78, 5) is 4.31. The standard InChI is InChI=1S/C14H19N3O/c1-4-10-5-6-11(9(2)3)7-12(10)14-16-13(8-15)18-17-14/h5-7,9H,4,8,15H2,1-3H3. The van der Waals surface area contributed by atoms with Crippen molar-refractivity contribution in [3.8, 4) is 11.4 Å². The molecule has 0 aliphatic heterocycles. The van der Waals surface area contributed by atoms with E-state index in [1.54, 1.807) is 0 Å². The Morgan fingerprint density at radius 1 is 1.33 bits per heavy atom. The second-order valence-corrected chi connectivity index (χ2v) is 4.64. The Hall–Kier alpha value is -1.68. The highest BCUT2D eigenvalue weighted by molar-refractivity contribution is 5.61. The maximum Gasteiger partial charge on any atom is 0.240 e. The third kappa shape index (κ3) is 2.43. The van der Waals surface area contributed by atoms with E-state index in [9.17, 15) is 0 Å². The fourth-order valence-corrected chi connectivity index (χ4v) is 1.92. The summed E-state index contributed by atoms with van der Waals surface area (Å²) >= 11 is 0. The van der Waals surface area contributed by atoms with Gasteiger partial charge in [0.05, 0.1) is 6.54 Å². The van der Waals surface area contributed by atoms with Gasteiger partial charge in [0.2, 0.25) is 11.7 Å². The van der Waals surface area contributed by atoms with Crippen molar-refractivity contribution in [2.45, 2.75) is 39.7 Å². The van der Waals surface area contributed by atoms with Gasteiger partial charge in [0.15, 0.2) is 0 Å². The van der Waals surface area contributed by atoms with Crippen molar-refractivity contribution in [3.05, 3.63) is 35.2 Å². The van der Waals surface area contributed by atoms with Gasteiger partial charge in [-0.3, -0.25) is 0 Å². The first-order chi connectivity index (χ1) is 8.65. The van der Waals surface area contributed by atoms with E-state index in [0.717, 1.165) is 12.0 Å². The van der Waals surface area contributed by atoms with Gasteiger partial charge in [-0.25, -0.2) is 0 Å². The van der Waals surface area contributed by atoms with Gasteiger partial charge in [-0.05, 0) is 29.5 Å². The quantitative estimate of drug-likeness (QED) is 0.899. The monoisotopic (exact) mass is 245 g/mol. The third-order valence-corrected chi connectivity index (χ3v) is 3.07. The molecule has 0 atom stereocenters. The molecule has 1 aromatic carbocycles. The fraction of sp³-hybridized carbons (Fsp3) is 0.429. The van der Waals surface area contributed by atoms with Crippen LogP contribution in [0.25, 0.3) is 11.4 Å². The summed E-state index contributed by atoms with van der Waals surface area (Å²) in [5.74, 6) is 1.59. The number of rotatable bonds is 4. The van der Waals surface area contributed by atoms with Gasteiger partial charge in [0, 0.05) is 5.56 Å². The van der Waals surface area contributed by atoms with E-state index in [4.69, 9.17) is 10.3 Å². The molecule has 18 heavy (non-hydrogen) atoms. The smallest absolute Gasteiger partial charge is 0.240 e. The molecule has 0 amide bonds. The van der Waals surface area contributed by atoms with Gasteiger partial charge in [-0.15, -0.1) is 0 Å². The molecule has 0 spiro atoms. The SMILES string of the molecule is CCc1ccc(C(C)C)cc1-c1noc(CN)n1. The molecule has 0 saturated heterocycles. The maximum absolute atomic E-state index is 5.49. The Morgan fingerprint density at radius 3 is 2.67 bits per heavy atom. The molecular weight excluding hydrogens is 226 g/mol. The van der Waals surface area contributed by atoms with Gasteiger partial charge in [0.25, 0.3) is 0 Å². The van der Waals surface area contributed by atoms with Gasteiger partial charge in [0.1, 0.15) is 0 Å². The van der Waals surface area contributed by atoms with Crippen LogP contribution in [0, 0.1) is 0 Å². The van der Waals surface area contributed by atoms with E-state index in [0.29, 0.717) is 17.6 Å². The van der Waals surface area contributed by atoms with Crippen molar-refractivity contribution >= 4 is 0 Å². The van der Waals surface area contributed by atoms with Crippen LogP contribution in [0.15, 0.2) is 22.7 Å². The summed E-state index contributed by atoms with van der Waals surface area (Å²) in [6.07, 6.45) is 0.945. The zero-order valence-corrected chi connectivity index (χ0v) is 11.1. The van der Waals surface area contributed by atoms with Crippen molar-refractivity contribution in [2.24, 2.45) is 5.73 Å². The summed E-state index contributed by atoms with van der Waals surface area (Å²) in [7, 11) is 0. The maximum atomic E-state index is 5.49. The molecule has 0 bridgehead atoms. The Labute approximate surface area is 107 Å². The minimum absolute atomic E-state index is 0.276. The number of nitrogens with two attached hydrogens (primary N) is 1. The van der Waals surface area contributed by atoms with Crippen LogP contribution in [-0.2, 0) is 13.0 Å². The van der Waals surface area contributed by atoms with Crippen LogP contribution in [0.1, 0.15) is 43.7 Å². The van der Waals surface area contributed by atoms with Crippen molar-refractivity contribution in [1.82, 2.24) is 10.1 Å². The van der Waals surface area contributed by atoms with Crippen molar-refractivity contribution in [2.75, 3.05) is 0 Å². The molecule has 2 aromatic rings. The van der Waals surface area contributed by atoms with Gasteiger partial charge in [-0.1, -0.05) is 38.1 Å². The van der Waals surface area contributed by atoms with Crippen LogP contribution < -0.4 is 5.73 Å². The van der Waals surface area contributed by atoms with Crippen molar-refractivity contribution < 1.29 is 4.52 Å². The molecule has 0 aliphatic rings. The predicted octanol–water partition coefficient (Wildman–Crippen LogP) is 2.88. The second-order valence-electron chi connectivity index (χ2n) is 4.64. The normalized spacial score (nSPS) is 11.2. The Bertz CT molecular complexity index is 532. The molecule has 2 N–H and O–H groups in total. The van der Waals surface area contributed by atoms with Crippen LogP contribution in [-0.4, -0.2) is 10.1 Å². The van der Waals surface area contributed by atoms with Gasteiger partial charge in [-0.2, -0.15) is 4.98 Å². The average molecular weight is 245 g/mol. The zero-order valence-electron chi connectivity index (χ0n) is 11.1. The van der Waals surface area contributed by atoms with E-state index in [1.807, 2.05) is 0 Å². The number of benzene rings is 1. The molecule has 0 fully saturated rings. The van der Waals surface area contributed by atoms with E-state index in [2.05, 4.69) is 49.1 Å². The summed E-state index contributed by atoms with van der Waals surface area (Å²) in [6.45, 7) is 6.74. The summed E-state index contributed by atoms with van der Waals surface area (Å²) in [5.41, 5.74) is 9.05. The van der Waals surface area contributed by atoms with Gasteiger partial charge < -0.3 is 10.3 Å². The number of aromatic nitrogens is 2. The van der Waals surface area contributed by atoms with Crippen molar-refractivity contribution in [3.63, 3.8) is 0 Å². The Kier molecular flexibility index (Phi) is 3.77. The first-order valence-electron chi connectivity index (χ1n) is 6.31. The first kappa shape index (κ1) is 12.8. The summed E-state index contributed by atoms with van der Waals surface area (Å²) < 4.78 is 5.08. The number of nitrogens with zero attached hydrogens (tertiary/aromatic N) is 2. The molecule has 0 unspecified atom stereocenters. The highest BCUT2D eigenvalue weighted by Gasteiger charge is 2.13. The molecule has 0 aliphatic carbocycles. The van der Waals surface area contributed by atoms with E-state index in [-0.39, 0.29) is 6.54 Å².